The Kier molecular flexibility index (Phi) is 6.10. The number of non-ortho nitro benzene ring substituents is 1. The summed E-state index contributed by atoms with van der Waals surface area (Å²) >= 11 is 0. The summed E-state index contributed by atoms with van der Waals surface area (Å²) in [4.78, 5) is 27.4. The standard InChI is InChI=1S/C15H15N2O7P/c1-11(15(18)19)17(23-13-5-3-2-4-6-13)25(22)24-14-9-7-12(8-10-14)16(20)21/h2-11,25H,1H3,(H,18,19). The average molecular weight is 366 g/mol. The highest BCUT2D eigenvalue weighted by molar-refractivity contribution is 7.36. The second-order valence-corrected chi connectivity index (χ2v) is 6.04. The lowest BCUT2D eigenvalue weighted by Crippen LogP contribution is -2.37. The minimum absolute atomic E-state index is 0.0914. The Morgan fingerprint density at radius 1 is 1.16 bits per heavy atom. The Morgan fingerprint density at radius 3 is 2.28 bits per heavy atom. The minimum atomic E-state index is -3.14. The minimum Gasteiger partial charge on any atom is -0.480 e. The van der Waals surface area contributed by atoms with Crippen molar-refractivity contribution in [3.05, 3.63) is 64.7 Å². The molecule has 10 heteroatoms. The molecule has 132 valence electrons. The molecule has 0 saturated carbocycles. The van der Waals surface area contributed by atoms with Crippen LogP contribution in [0.15, 0.2) is 54.6 Å². The Bertz CT molecular complexity index is 767. The zero-order valence-electron chi connectivity index (χ0n) is 13.1. The van der Waals surface area contributed by atoms with Crippen LogP contribution in [-0.4, -0.2) is 26.9 Å². The molecule has 0 fully saturated rings. The van der Waals surface area contributed by atoms with Crippen LogP contribution in [0.4, 0.5) is 5.69 Å². The zero-order valence-corrected chi connectivity index (χ0v) is 14.1. The van der Waals surface area contributed by atoms with Gasteiger partial charge in [0.05, 0.1) is 4.92 Å². The summed E-state index contributed by atoms with van der Waals surface area (Å²) in [5.74, 6) is -0.864. The molecule has 0 radical (unpaired) electrons. The topological polar surface area (TPSA) is 119 Å². The lowest BCUT2D eigenvalue weighted by Gasteiger charge is -2.24. The van der Waals surface area contributed by atoms with E-state index in [2.05, 4.69) is 0 Å². The van der Waals surface area contributed by atoms with Gasteiger partial charge in [-0.2, -0.15) is 0 Å². The van der Waals surface area contributed by atoms with Gasteiger partial charge in [-0.05, 0) is 36.0 Å². The van der Waals surface area contributed by atoms with Gasteiger partial charge in [0.15, 0.2) is 6.04 Å². The summed E-state index contributed by atoms with van der Waals surface area (Å²) < 4.78 is 17.7. The molecule has 1 N–H and O–H groups in total. The highest BCUT2D eigenvalue weighted by Gasteiger charge is 2.29. The van der Waals surface area contributed by atoms with Gasteiger partial charge in [0.1, 0.15) is 11.5 Å². The first kappa shape index (κ1) is 18.4. The van der Waals surface area contributed by atoms with Crippen molar-refractivity contribution in [1.29, 1.82) is 0 Å². The number of rotatable bonds is 8. The van der Waals surface area contributed by atoms with Gasteiger partial charge in [0.2, 0.25) is 0 Å². The molecule has 0 amide bonds. The molecule has 2 unspecified atom stereocenters. The smallest absolute Gasteiger partial charge is 0.340 e. The summed E-state index contributed by atoms with van der Waals surface area (Å²) in [6, 6.07) is 11.9. The number of hydrogen-bond acceptors (Lipinski definition) is 6. The number of para-hydroxylation sites is 1. The van der Waals surface area contributed by atoms with Gasteiger partial charge >= 0.3 is 14.1 Å². The second-order valence-electron chi connectivity index (χ2n) is 4.86. The molecule has 2 rings (SSSR count). The van der Waals surface area contributed by atoms with Crippen molar-refractivity contribution in [3.8, 4) is 11.5 Å². The van der Waals surface area contributed by atoms with Gasteiger partial charge in [0, 0.05) is 12.1 Å². The molecular formula is C15H15N2O7P. The number of carboxylic acids is 1. The van der Waals surface area contributed by atoms with Crippen molar-refractivity contribution in [3.63, 3.8) is 0 Å². The third-order valence-electron chi connectivity index (χ3n) is 3.09. The highest BCUT2D eigenvalue weighted by Crippen LogP contribution is 2.34. The van der Waals surface area contributed by atoms with Crippen molar-refractivity contribution >= 4 is 19.8 Å². The van der Waals surface area contributed by atoms with E-state index in [0.29, 0.717) is 5.75 Å². The van der Waals surface area contributed by atoms with Crippen LogP contribution in [-0.2, 0) is 9.36 Å². The molecule has 25 heavy (non-hydrogen) atoms. The van der Waals surface area contributed by atoms with Gasteiger partial charge < -0.3 is 14.5 Å². The van der Waals surface area contributed by atoms with Crippen molar-refractivity contribution in [2.75, 3.05) is 0 Å². The van der Waals surface area contributed by atoms with E-state index in [-0.39, 0.29) is 11.4 Å². The van der Waals surface area contributed by atoms with E-state index < -0.39 is 25.1 Å². The highest BCUT2D eigenvalue weighted by atomic mass is 31.1. The van der Waals surface area contributed by atoms with Crippen LogP contribution in [0.2, 0.25) is 0 Å². The molecule has 0 saturated heterocycles. The molecular weight excluding hydrogens is 351 g/mol. The molecule has 0 bridgehead atoms. The van der Waals surface area contributed by atoms with E-state index in [1.54, 1.807) is 30.3 Å². The predicted octanol–water partition coefficient (Wildman–Crippen LogP) is 3.13. The molecule has 0 heterocycles. The van der Waals surface area contributed by atoms with Crippen LogP contribution in [0.25, 0.3) is 0 Å². The number of benzene rings is 2. The summed E-state index contributed by atoms with van der Waals surface area (Å²) in [6.45, 7) is 1.30. The Hall–Kier alpha value is -2.90. The second kappa shape index (κ2) is 8.27. The van der Waals surface area contributed by atoms with Crippen LogP contribution in [0.1, 0.15) is 6.92 Å². The number of aliphatic carboxylic acids is 1. The van der Waals surface area contributed by atoms with E-state index in [9.17, 15) is 19.5 Å². The maximum absolute atomic E-state index is 12.4. The molecule has 0 aliphatic rings. The third kappa shape index (κ3) is 5.03. The largest absolute Gasteiger partial charge is 0.480 e. The normalized spacial score (nSPS) is 13.0. The number of carbonyl (C=O) groups is 1. The first-order chi connectivity index (χ1) is 11.9. The van der Waals surface area contributed by atoms with Crippen molar-refractivity contribution < 1.29 is 28.8 Å². The molecule has 9 nitrogen and oxygen atoms in total. The van der Waals surface area contributed by atoms with Crippen molar-refractivity contribution in [2.45, 2.75) is 13.0 Å². The van der Waals surface area contributed by atoms with Gasteiger partial charge in [-0.1, -0.05) is 18.2 Å². The maximum atomic E-state index is 12.4. The van der Waals surface area contributed by atoms with Crippen molar-refractivity contribution in [1.82, 2.24) is 4.83 Å². The van der Waals surface area contributed by atoms with E-state index in [1.807, 2.05) is 0 Å². The number of nitro benzene ring substituents is 1. The lowest BCUT2D eigenvalue weighted by molar-refractivity contribution is -0.384. The average Bonchev–Trinajstić information content (AvgIpc) is 2.60. The third-order valence-corrected chi connectivity index (χ3v) is 4.34. The van der Waals surface area contributed by atoms with E-state index >= 15 is 0 Å². The molecule has 0 spiro atoms. The molecule has 2 aromatic carbocycles. The molecule has 0 aromatic heterocycles. The number of nitro groups is 1. The van der Waals surface area contributed by atoms with E-state index in [0.717, 1.165) is 4.83 Å². The van der Waals surface area contributed by atoms with Crippen LogP contribution in [0, 0.1) is 10.1 Å². The zero-order chi connectivity index (χ0) is 18.4. The molecule has 0 aliphatic carbocycles. The van der Waals surface area contributed by atoms with Gasteiger partial charge in [0.25, 0.3) is 5.69 Å². The summed E-state index contributed by atoms with van der Waals surface area (Å²) in [7, 11) is -3.14. The number of hydroxylamine groups is 1. The van der Waals surface area contributed by atoms with Crippen LogP contribution in [0.3, 0.4) is 0 Å². The molecule has 2 aromatic rings. The van der Waals surface area contributed by atoms with Gasteiger partial charge in [-0.3, -0.25) is 19.5 Å². The Balaban J connectivity index is 2.16. The van der Waals surface area contributed by atoms with Crippen LogP contribution < -0.4 is 9.36 Å². The monoisotopic (exact) mass is 366 g/mol. The Labute approximate surface area is 143 Å². The maximum Gasteiger partial charge on any atom is 0.340 e. The molecule has 0 aliphatic heterocycles. The number of nitrogens with zero attached hydrogens (tertiary/aromatic N) is 2. The van der Waals surface area contributed by atoms with E-state index in [1.165, 1.54) is 31.2 Å². The summed E-state index contributed by atoms with van der Waals surface area (Å²) in [5, 5.41) is 19.8. The number of carboxylic acid groups (broad SMARTS) is 1. The van der Waals surface area contributed by atoms with Gasteiger partial charge in [-0.25, -0.2) is 0 Å². The van der Waals surface area contributed by atoms with Gasteiger partial charge in [-0.15, -0.1) is 0 Å². The number of hydrogen-bond donors (Lipinski definition) is 1. The first-order valence-corrected chi connectivity index (χ1v) is 8.36. The van der Waals surface area contributed by atoms with E-state index in [4.69, 9.17) is 14.5 Å². The fourth-order valence-electron chi connectivity index (χ4n) is 1.75. The molecule has 2 atom stereocenters. The van der Waals surface area contributed by atoms with Crippen LogP contribution in [0.5, 0.6) is 11.5 Å². The Morgan fingerprint density at radius 2 is 1.76 bits per heavy atom. The summed E-state index contributed by atoms with van der Waals surface area (Å²) in [5.41, 5.74) is -0.150. The first-order valence-electron chi connectivity index (χ1n) is 7.10. The fraction of sp³-hybridized carbons (Fsp3) is 0.133. The quantitative estimate of drug-likeness (QED) is 0.430. The van der Waals surface area contributed by atoms with Crippen LogP contribution >= 0.6 is 8.18 Å². The fourth-order valence-corrected chi connectivity index (χ4v) is 2.79. The predicted molar refractivity (Wildman–Crippen MR) is 88.7 cm³/mol. The van der Waals surface area contributed by atoms with Crippen molar-refractivity contribution in [2.24, 2.45) is 0 Å². The lowest BCUT2D eigenvalue weighted by atomic mass is 10.3. The summed E-state index contributed by atoms with van der Waals surface area (Å²) in [6.07, 6.45) is 0. The SMILES string of the molecule is CC(C(=O)O)N(Oc1ccccc1)[PH](=O)Oc1ccc([N+](=O)[O-])cc1.